The van der Waals surface area contributed by atoms with E-state index in [1.54, 1.807) is 6.26 Å². The zero-order valence-electron chi connectivity index (χ0n) is 35.6. The van der Waals surface area contributed by atoms with Crippen LogP contribution in [0.25, 0.3) is 0 Å². The van der Waals surface area contributed by atoms with E-state index in [9.17, 15) is 19.4 Å². The molecule has 9 nitrogen and oxygen atoms in total. The first-order valence-corrected chi connectivity index (χ1v) is 23.8. The molecule has 0 bridgehead atoms. The molecule has 0 aromatic rings. The third-order valence-electron chi connectivity index (χ3n) is 9.27. The minimum Gasteiger partial charge on any atom is -0.498 e. The average molecular weight is 811 g/mol. The number of hydrogen-bond acceptors (Lipinski definition) is 8. The number of hydrogen-bond donors (Lipinski definition) is 3. The van der Waals surface area contributed by atoms with E-state index < -0.39 is 45.8 Å². The van der Waals surface area contributed by atoms with Gasteiger partial charge in [-0.15, -0.1) is 0 Å². The molecule has 0 aliphatic rings. The second-order valence-electron chi connectivity index (χ2n) is 14.8. The molecule has 56 heavy (non-hydrogen) atoms. The van der Waals surface area contributed by atoms with Crippen molar-refractivity contribution in [1.29, 1.82) is 0 Å². The van der Waals surface area contributed by atoms with Gasteiger partial charge in [0.05, 0.1) is 26.1 Å². The Hall–Kier alpha value is -2.00. The van der Waals surface area contributed by atoms with Gasteiger partial charge in [0.15, 0.2) is 6.10 Å². The summed E-state index contributed by atoms with van der Waals surface area (Å²) in [6.07, 6.45) is 49.8. The van der Waals surface area contributed by atoms with Gasteiger partial charge < -0.3 is 24.6 Å². The van der Waals surface area contributed by atoms with Gasteiger partial charge in [0.2, 0.25) is 0 Å². The van der Waals surface area contributed by atoms with Gasteiger partial charge in [-0.2, -0.15) is 0 Å². The molecule has 0 radical (unpaired) electrons. The van der Waals surface area contributed by atoms with Gasteiger partial charge >= 0.3 is 13.8 Å². The van der Waals surface area contributed by atoms with Crippen LogP contribution in [0.2, 0.25) is 0 Å². The first-order chi connectivity index (χ1) is 27.3. The van der Waals surface area contributed by atoms with Gasteiger partial charge in [0.25, 0.3) is 0 Å². The highest BCUT2D eigenvalue weighted by Gasteiger charge is 2.26. The SMILES string of the molecule is CCCCC/C=C\C/C=C\C/C=C\C/C=C\CCCCCC(=O)O[C@H](CO/C=C\CCCCCCCCCCCCCCCC)COP(=O)(O)OC[C@@H](O)CO. The summed E-state index contributed by atoms with van der Waals surface area (Å²) in [7, 11) is -4.54. The molecule has 0 amide bonds. The van der Waals surface area contributed by atoms with Gasteiger partial charge in [-0.25, -0.2) is 4.57 Å². The lowest BCUT2D eigenvalue weighted by molar-refractivity contribution is -0.153. The van der Waals surface area contributed by atoms with Crippen LogP contribution in [0.4, 0.5) is 0 Å². The van der Waals surface area contributed by atoms with Crippen molar-refractivity contribution in [2.24, 2.45) is 0 Å². The minimum atomic E-state index is -4.54. The van der Waals surface area contributed by atoms with E-state index in [2.05, 4.69) is 62.5 Å². The Bertz CT molecular complexity index is 1060. The smallest absolute Gasteiger partial charge is 0.472 e. The van der Waals surface area contributed by atoms with Crippen molar-refractivity contribution in [3.63, 3.8) is 0 Å². The molecule has 10 heteroatoms. The lowest BCUT2D eigenvalue weighted by atomic mass is 10.0. The molecule has 326 valence electrons. The summed E-state index contributed by atoms with van der Waals surface area (Å²) >= 11 is 0. The zero-order valence-corrected chi connectivity index (χ0v) is 36.5. The average Bonchev–Trinajstić information content (AvgIpc) is 3.19. The van der Waals surface area contributed by atoms with E-state index in [0.29, 0.717) is 6.42 Å². The third-order valence-corrected chi connectivity index (χ3v) is 10.2. The molecule has 0 aliphatic carbocycles. The van der Waals surface area contributed by atoms with Gasteiger partial charge in [0.1, 0.15) is 12.7 Å². The van der Waals surface area contributed by atoms with Crippen LogP contribution in [0.1, 0.15) is 187 Å². The lowest BCUT2D eigenvalue weighted by Gasteiger charge is -2.20. The van der Waals surface area contributed by atoms with Crippen molar-refractivity contribution >= 4 is 13.8 Å². The Morgan fingerprint density at radius 3 is 1.48 bits per heavy atom. The Morgan fingerprint density at radius 2 is 0.964 bits per heavy atom. The highest BCUT2D eigenvalue weighted by molar-refractivity contribution is 7.47. The lowest BCUT2D eigenvalue weighted by Crippen LogP contribution is -2.28. The summed E-state index contributed by atoms with van der Waals surface area (Å²) in [4.78, 5) is 22.6. The fourth-order valence-corrected chi connectivity index (χ4v) is 6.62. The largest absolute Gasteiger partial charge is 0.498 e. The van der Waals surface area contributed by atoms with E-state index in [4.69, 9.17) is 23.6 Å². The van der Waals surface area contributed by atoms with Gasteiger partial charge in [-0.3, -0.25) is 13.8 Å². The number of aliphatic hydroxyl groups is 2. The van der Waals surface area contributed by atoms with Crippen molar-refractivity contribution in [2.75, 3.05) is 26.4 Å². The van der Waals surface area contributed by atoms with Crippen molar-refractivity contribution < 1.29 is 43.0 Å². The number of ether oxygens (including phenoxy) is 2. The van der Waals surface area contributed by atoms with Crippen LogP contribution in [-0.2, 0) is 27.9 Å². The quantitative estimate of drug-likeness (QED) is 0.0181. The summed E-state index contributed by atoms with van der Waals surface area (Å²) in [5.74, 6) is -0.435. The number of aliphatic hydroxyl groups excluding tert-OH is 2. The monoisotopic (exact) mass is 811 g/mol. The Kier molecular flexibility index (Phi) is 41.1. The molecule has 0 heterocycles. The maximum absolute atomic E-state index is 12.6. The molecular formula is C46H83O9P. The molecule has 0 saturated carbocycles. The van der Waals surface area contributed by atoms with Crippen LogP contribution >= 0.6 is 7.82 Å². The van der Waals surface area contributed by atoms with E-state index in [0.717, 1.165) is 51.4 Å². The van der Waals surface area contributed by atoms with Crippen LogP contribution < -0.4 is 0 Å². The van der Waals surface area contributed by atoms with E-state index >= 15 is 0 Å². The van der Waals surface area contributed by atoms with Crippen LogP contribution in [0, 0.1) is 0 Å². The number of allylic oxidation sites excluding steroid dienone is 9. The molecule has 0 spiro atoms. The topological polar surface area (TPSA) is 132 Å². The molecule has 0 rings (SSSR count). The van der Waals surface area contributed by atoms with Crippen LogP contribution in [0.5, 0.6) is 0 Å². The highest BCUT2D eigenvalue weighted by Crippen LogP contribution is 2.43. The number of carbonyl (C=O) groups excluding carboxylic acids is 1. The Morgan fingerprint density at radius 1 is 0.554 bits per heavy atom. The molecule has 0 aromatic carbocycles. The zero-order chi connectivity index (χ0) is 41.1. The fourth-order valence-electron chi connectivity index (χ4n) is 5.83. The predicted molar refractivity (Wildman–Crippen MR) is 232 cm³/mol. The highest BCUT2D eigenvalue weighted by atomic mass is 31.2. The fraction of sp³-hybridized carbons (Fsp3) is 0.761. The standard InChI is InChI=1S/C46H83O9P/c1-3-5-7-9-11-13-15-17-19-21-22-23-24-26-28-30-32-34-36-38-46(49)55-45(43-54-56(50,51)53-41-44(48)40-47)42-52-39-37-35-33-31-29-27-25-20-18-16-14-12-10-8-6-4-2/h11,13,17,19,22-23,26,28,37,39,44-45,47-48H,3-10,12,14-16,18,20-21,24-25,27,29-36,38,40-43H2,1-2H3,(H,50,51)/b13-11-,19-17-,23-22-,28-26-,39-37-/t44-,45+/m0/s1. The molecule has 0 saturated heterocycles. The van der Waals surface area contributed by atoms with E-state index in [1.165, 1.54) is 109 Å². The molecule has 3 N–H and O–H groups in total. The number of unbranched alkanes of at least 4 members (excludes halogenated alkanes) is 20. The van der Waals surface area contributed by atoms with Gasteiger partial charge in [0, 0.05) is 6.42 Å². The summed E-state index contributed by atoms with van der Waals surface area (Å²) in [6.45, 7) is 2.82. The normalized spacial score (nSPS) is 14.5. The summed E-state index contributed by atoms with van der Waals surface area (Å²) < 4.78 is 33.1. The predicted octanol–water partition coefficient (Wildman–Crippen LogP) is 12.7. The van der Waals surface area contributed by atoms with Gasteiger partial charge in [-0.1, -0.05) is 165 Å². The molecule has 3 atom stereocenters. The van der Waals surface area contributed by atoms with Crippen LogP contribution in [0.15, 0.2) is 60.9 Å². The second-order valence-corrected chi connectivity index (χ2v) is 16.2. The second kappa shape index (κ2) is 42.6. The molecule has 0 aromatic heterocycles. The van der Waals surface area contributed by atoms with E-state index in [-0.39, 0.29) is 13.0 Å². The number of phosphoric acid groups is 1. The summed E-state index contributed by atoms with van der Waals surface area (Å²) in [5, 5.41) is 18.3. The van der Waals surface area contributed by atoms with E-state index in [1.807, 2.05) is 6.08 Å². The number of carbonyl (C=O) groups is 1. The molecule has 0 aliphatic heterocycles. The number of phosphoric ester groups is 1. The van der Waals surface area contributed by atoms with Crippen molar-refractivity contribution in [3.05, 3.63) is 60.9 Å². The Balaban J connectivity index is 4.29. The first kappa shape index (κ1) is 54.0. The van der Waals surface area contributed by atoms with Crippen molar-refractivity contribution in [1.82, 2.24) is 0 Å². The van der Waals surface area contributed by atoms with Crippen molar-refractivity contribution in [3.8, 4) is 0 Å². The van der Waals surface area contributed by atoms with Crippen LogP contribution in [0.3, 0.4) is 0 Å². The van der Waals surface area contributed by atoms with Gasteiger partial charge in [-0.05, 0) is 70.3 Å². The maximum Gasteiger partial charge on any atom is 0.472 e. The number of rotatable bonds is 42. The van der Waals surface area contributed by atoms with Crippen LogP contribution in [-0.4, -0.2) is 59.7 Å². The first-order valence-electron chi connectivity index (χ1n) is 22.3. The van der Waals surface area contributed by atoms with Crippen molar-refractivity contribution in [2.45, 2.75) is 199 Å². The Labute approximate surface area is 342 Å². The molecular weight excluding hydrogens is 727 g/mol. The third kappa shape index (κ3) is 41.6. The summed E-state index contributed by atoms with van der Waals surface area (Å²) in [6, 6.07) is 0. The maximum atomic E-state index is 12.6. The summed E-state index contributed by atoms with van der Waals surface area (Å²) in [5.41, 5.74) is 0. The molecule has 0 fully saturated rings. The minimum absolute atomic E-state index is 0.0493. The molecule has 1 unspecified atom stereocenters. The number of esters is 1.